The summed E-state index contributed by atoms with van der Waals surface area (Å²) in [5.41, 5.74) is 7.42. The van der Waals surface area contributed by atoms with Crippen LogP contribution in [-0.4, -0.2) is 19.1 Å². The van der Waals surface area contributed by atoms with Crippen LogP contribution in [0.4, 0.5) is 5.69 Å². The van der Waals surface area contributed by atoms with E-state index in [1.807, 2.05) is 12.1 Å². The maximum atomic E-state index is 9.10. The van der Waals surface area contributed by atoms with Crippen molar-refractivity contribution in [2.75, 3.05) is 18.0 Å². The number of hydrogen-bond acceptors (Lipinski definition) is 3. The van der Waals surface area contributed by atoms with Crippen molar-refractivity contribution in [1.82, 2.24) is 0 Å². The molecule has 1 heterocycles. The Kier molecular flexibility index (Phi) is 3.04. The van der Waals surface area contributed by atoms with E-state index in [1.54, 1.807) is 6.07 Å². The highest BCUT2D eigenvalue weighted by molar-refractivity contribution is 6.32. The lowest BCUT2D eigenvalue weighted by atomic mass is 10.1. The van der Waals surface area contributed by atoms with Gasteiger partial charge in [-0.2, -0.15) is 5.26 Å². The summed E-state index contributed by atoms with van der Waals surface area (Å²) < 4.78 is 0. The number of nitrogens with two attached hydrogens (primary N) is 1. The second kappa shape index (κ2) is 4.32. The first kappa shape index (κ1) is 11.3. The third-order valence-corrected chi connectivity index (χ3v) is 3.43. The molecule has 1 saturated heterocycles. The first-order valence-electron chi connectivity index (χ1n) is 5.32. The molecular weight excluding hydrogens is 222 g/mol. The first-order valence-corrected chi connectivity index (χ1v) is 5.70. The topological polar surface area (TPSA) is 53.0 Å². The molecule has 1 aromatic carbocycles. The fourth-order valence-electron chi connectivity index (χ4n) is 2.08. The van der Waals surface area contributed by atoms with Crippen LogP contribution in [0.2, 0.25) is 5.02 Å². The average molecular weight is 236 g/mol. The molecule has 0 radical (unpaired) electrons. The van der Waals surface area contributed by atoms with Crippen LogP contribution in [0, 0.1) is 17.2 Å². The molecule has 0 aliphatic carbocycles. The van der Waals surface area contributed by atoms with E-state index in [2.05, 4.69) is 17.9 Å². The van der Waals surface area contributed by atoms with Gasteiger partial charge in [-0.3, -0.25) is 0 Å². The van der Waals surface area contributed by atoms with Gasteiger partial charge in [0.2, 0.25) is 0 Å². The summed E-state index contributed by atoms with van der Waals surface area (Å²) in [5.74, 6) is 0.450. The molecule has 3 nitrogen and oxygen atoms in total. The molecule has 0 aromatic heterocycles. The van der Waals surface area contributed by atoms with Gasteiger partial charge in [0.25, 0.3) is 0 Å². The molecule has 1 aliphatic heterocycles. The predicted molar refractivity (Wildman–Crippen MR) is 65.5 cm³/mol. The van der Waals surface area contributed by atoms with Crippen molar-refractivity contribution in [2.24, 2.45) is 11.7 Å². The minimum atomic E-state index is 0.172. The predicted octanol–water partition coefficient (Wildman–Crippen LogP) is 2.00. The number of halogens is 1. The summed E-state index contributed by atoms with van der Waals surface area (Å²) >= 11 is 6.00. The zero-order valence-corrected chi connectivity index (χ0v) is 9.91. The van der Waals surface area contributed by atoms with Crippen LogP contribution in [-0.2, 0) is 0 Å². The maximum Gasteiger partial charge on any atom is 0.103 e. The van der Waals surface area contributed by atoms with Crippen LogP contribution < -0.4 is 10.6 Å². The van der Waals surface area contributed by atoms with Crippen molar-refractivity contribution in [3.63, 3.8) is 0 Å². The van der Waals surface area contributed by atoms with Crippen LogP contribution in [0.1, 0.15) is 12.5 Å². The molecule has 2 unspecified atom stereocenters. The van der Waals surface area contributed by atoms with Crippen LogP contribution in [0.5, 0.6) is 0 Å². The largest absolute Gasteiger partial charge is 0.369 e. The Bertz CT molecular complexity index is 428. The van der Waals surface area contributed by atoms with E-state index in [4.69, 9.17) is 22.6 Å². The highest BCUT2D eigenvalue weighted by Crippen LogP contribution is 2.30. The van der Waals surface area contributed by atoms with E-state index in [9.17, 15) is 0 Å². The normalized spacial score (nSPS) is 24.5. The van der Waals surface area contributed by atoms with Crippen molar-refractivity contribution < 1.29 is 0 Å². The number of anilines is 1. The quantitative estimate of drug-likeness (QED) is 0.810. The standard InChI is InChI=1S/C12H14ClN3/c1-8-6-16(7-11(8)15)12-4-2-3-10(13)9(12)5-14/h2-4,8,11H,6-7,15H2,1H3. The molecule has 1 aromatic rings. The molecule has 0 bridgehead atoms. The van der Waals surface area contributed by atoms with Gasteiger partial charge in [-0.1, -0.05) is 24.6 Å². The lowest BCUT2D eigenvalue weighted by molar-refractivity contribution is 0.566. The van der Waals surface area contributed by atoms with E-state index in [1.165, 1.54) is 0 Å². The van der Waals surface area contributed by atoms with Crippen LogP contribution in [0.15, 0.2) is 18.2 Å². The van der Waals surface area contributed by atoms with Crippen molar-refractivity contribution in [1.29, 1.82) is 5.26 Å². The molecule has 2 rings (SSSR count). The van der Waals surface area contributed by atoms with Crippen molar-refractivity contribution in [3.05, 3.63) is 28.8 Å². The first-order chi connectivity index (χ1) is 7.63. The molecule has 0 amide bonds. The molecule has 4 heteroatoms. The SMILES string of the molecule is CC1CN(c2cccc(Cl)c2C#N)CC1N. The molecular formula is C12H14ClN3. The van der Waals surface area contributed by atoms with Gasteiger partial charge in [0, 0.05) is 19.1 Å². The third kappa shape index (κ3) is 1.87. The number of nitriles is 1. The molecule has 0 spiro atoms. The summed E-state index contributed by atoms with van der Waals surface area (Å²) in [6, 6.07) is 7.86. The Hall–Kier alpha value is -1.24. The Balaban J connectivity index is 2.35. The highest BCUT2D eigenvalue weighted by atomic mass is 35.5. The summed E-state index contributed by atoms with van der Waals surface area (Å²) in [5, 5.41) is 9.61. The van der Waals surface area contributed by atoms with Gasteiger partial charge in [0.15, 0.2) is 0 Å². The Labute approximate surface area is 100 Å². The van der Waals surface area contributed by atoms with Crippen molar-refractivity contribution in [2.45, 2.75) is 13.0 Å². The monoisotopic (exact) mass is 235 g/mol. The molecule has 2 atom stereocenters. The van der Waals surface area contributed by atoms with Crippen LogP contribution in [0.3, 0.4) is 0 Å². The van der Waals surface area contributed by atoms with Gasteiger partial charge < -0.3 is 10.6 Å². The van der Waals surface area contributed by atoms with E-state index in [0.717, 1.165) is 18.8 Å². The molecule has 1 aliphatic rings. The zero-order chi connectivity index (χ0) is 11.7. The fourth-order valence-corrected chi connectivity index (χ4v) is 2.29. The van der Waals surface area contributed by atoms with Gasteiger partial charge in [-0.25, -0.2) is 0 Å². The molecule has 16 heavy (non-hydrogen) atoms. The number of rotatable bonds is 1. The second-order valence-electron chi connectivity index (χ2n) is 4.29. The lowest BCUT2D eigenvalue weighted by Gasteiger charge is -2.19. The third-order valence-electron chi connectivity index (χ3n) is 3.11. The van der Waals surface area contributed by atoms with Gasteiger partial charge >= 0.3 is 0 Å². The number of benzene rings is 1. The lowest BCUT2D eigenvalue weighted by Crippen LogP contribution is -2.28. The molecule has 84 valence electrons. The van der Waals surface area contributed by atoms with E-state index >= 15 is 0 Å². The summed E-state index contributed by atoms with van der Waals surface area (Å²) in [6.07, 6.45) is 0. The minimum absolute atomic E-state index is 0.172. The Morgan fingerprint density at radius 2 is 2.25 bits per heavy atom. The Morgan fingerprint density at radius 3 is 2.81 bits per heavy atom. The summed E-state index contributed by atoms with van der Waals surface area (Å²) in [4.78, 5) is 2.14. The zero-order valence-electron chi connectivity index (χ0n) is 9.15. The van der Waals surface area contributed by atoms with Crippen LogP contribution in [0.25, 0.3) is 0 Å². The smallest absolute Gasteiger partial charge is 0.103 e. The molecule has 0 saturated carbocycles. The van der Waals surface area contributed by atoms with E-state index in [0.29, 0.717) is 16.5 Å². The number of nitrogens with zero attached hydrogens (tertiary/aromatic N) is 2. The highest BCUT2D eigenvalue weighted by Gasteiger charge is 2.28. The van der Waals surface area contributed by atoms with Gasteiger partial charge in [-0.15, -0.1) is 0 Å². The van der Waals surface area contributed by atoms with Gasteiger partial charge in [0.05, 0.1) is 16.3 Å². The maximum absolute atomic E-state index is 9.10. The second-order valence-corrected chi connectivity index (χ2v) is 4.70. The van der Waals surface area contributed by atoms with Crippen molar-refractivity contribution >= 4 is 17.3 Å². The van der Waals surface area contributed by atoms with E-state index < -0.39 is 0 Å². The summed E-state index contributed by atoms with van der Waals surface area (Å²) in [7, 11) is 0. The average Bonchev–Trinajstić information content (AvgIpc) is 2.59. The van der Waals surface area contributed by atoms with Crippen LogP contribution >= 0.6 is 11.6 Å². The molecule has 1 fully saturated rings. The number of hydrogen-bond donors (Lipinski definition) is 1. The Morgan fingerprint density at radius 1 is 1.50 bits per heavy atom. The van der Waals surface area contributed by atoms with E-state index in [-0.39, 0.29) is 6.04 Å². The molecule has 2 N–H and O–H groups in total. The summed E-state index contributed by atoms with van der Waals surface area (Å²) in [6.45, 7) is 3.80. The fraction of sp³-hybridized carbons (Fsp3) is 0.417. The van der Waals surface area contributed by atoms with Crippen molar-refractivity contribution in [3.8, 4) is 6.07 Å². The minimum Gasteiger partial charge on any atom is -0.369 e. The van der Waals surface area contributed by atoms with Gasteiger partial charge in [-0.05, 0) is 18.1 Å². The van der Waals surface area contributed by atoms with Gasteiger partial charge in [0.1, 0.15) is 6.07 Å².